The number of hydrogen-bond acceptors (Lipinski definition) is 2. The molecule has 1 heterocycles. The van der Waals surface area contributed by atoms with Crippen LogP contribution in [0.1, 0.15) is 10.9 Å². The van der Waals surface area contributed by atoms with E-state index in [0.29, 0.717) is 10.1 Å². The van der Waals surface area contributed by atoms with Crippen LogP contribution in [0.25, 0.3) is 0 Å². The molecule has 1 aliphatic rings. The average molecular weight is 369 g/mol. The van der Waals surface area contributed by atoms with E-state index < -0.39 is 0 Å². The Labute approximate surface area is 149 Å². The lowest BCUT2D eigenvalue weighted by atomic mass is 10.2. The molecule has 1 N–H and O–H groups in total. The van der Waals surface area contributed by atoms with Crippen LogP contribution in [0, 0.1) is 0 Å². The van der Waals surface area contributed by atoms with Crippen molar-refractivity contribution >= 4 is 58.0 Å². The summed E-state index contributed by atoms with van der Waals surface area (Å²) < 4.78 is 0. The fraction of sp³-hybridized carbons (Fsp3) is 0.188. The Morgan fingerprint density at radius 3 is 2.64 bits per heavy atom. The molecule has 2 aromatic carbocycles. The highest BCUT2D eigenvalue weighted by Crippen LogP contribution is 2.38. The van der Waals surface area contributed by atoms with Gasteiger partial charge in [-0.25, -0.2) is 0 Å². The van der Waals surface area contributed by atoms with Crippen molar-refractivity contribution in [2.45, 2.75) is 5.37 Å². The summed E-state index contributed by atoms with van der Waals surface area (Å²) in [6.07, 6.45) is 0. The zero-order chi connectivity index (χ0) is 15.5. The Morgan fingerprint density at radius 2 is 1.91 bits per heavy atom. The molecule has 2 aromatic rings. The van der Waals surface area contributed by atoms with E-state index in [9.17, 15) is 0 Å². The lowest BCUT2D eigenvalue weighted by Crippen LogP contribution is -2.34. The van der Waals surface area contributed by atoms with Crippen LogP contribution in [0.4, 0.5) is 5.69 Å². The molecular weight excluding hydrogens is 355 g/mol. The van der Waals surface area contributed by atoms with Crippen LogP contribution in [0.15, 0.2) is 48.5 Å². The third kappa shape index (κ3) is 3.69. The number of nitrogens with zero attached hydrogens (tertiary/aromatic N) is 1. The highest BCUT2D eigenvalue weighted by molar-refractivity contribution is 7.99. The first-order chi connectivity index (χ1) is 10.6. The van der Waals surface area contributed by atoms with Crippen molar-refractivity contribution in [2.75, 3.05) is 17.6 Å². The van der Waals surface area contributed by atoms with Crippen molar-refractivity contribution in [1.29, 1.82) is 0 Å². The predicted molar refractivity (Wildman–Crippen MR) is 101 cm³/mol. The molecule has 0 amide bonds. The van der Waals surface area contributed by atoms with Crippen molar-refractivity contribution in [2.24, 2.45) is 0 Å². The number of benzene rings is 2. The van der Waals surface area contributed by atoms with Gasteiger partial charge in [0.15, 0.2) is 5.11 Å². The minimum Gasteiger partial charge on any atom is -0.333 e. The van der Waals surface area contributed by atoms with Gasteiger partial charge in [0.2, 0.25) is 0 Å². The Morgan fingerprint density at radius 1 is 1.14 bits per heavy atom. The van der Waals surface area contributed by atoms with Crippen LogP contribution >= 0.6 is 47.2 Å². The van der Waals surface area contributed by atoms with Gasteiger partial charge in [-0.05, 0) is 48.1 Å². The Hall–Kier alpha value is -0.940. The summed E-state index contributed by atoms with van der Waals surface area (Å²) in [6, 6.07) is 15.5. The second-order valence-electron chi connectivity index (χ2n) is 4.91. The predicted octanol–water partition coefficient (Wildman–Crippen LogP) is 5.44. The molecule has 1 saturated heterocycles. The molecule has 1 unspecified atom stereocenters. The third-order valence-corrected chi connectivity index (χ3v) is 5.47. The Balaban J connectivity index is 1.75. The first kappa shape index (κ1) is 15.9. The minimum absolute atomic E-state index is 0.219. The number of hydrogen-bond donors (Lipinski definition) is 1. The molecular formula is C16H14Cl2N2S2. The van der Waals surface area contributed by atoms with E-state index in [1.54, 1.807) is 0 Å². The van der Waals surface area contributed by atoms with Crippen LogP contribution in [-0.2, 0) is 0 Å². The average Bonchev–Trinajstić information content (AvgIpc) is 2.97. The fourth-order valence-electron chi connectivity index (χ4n) is 2.34. The Bertz CT molecular complexity index is 676. The molecule has 3 rings (SSSR count). The van der Waals surface area contributed by atoms with Gasteiger partial charge in [-0.2, -0.15) is 0 Å². The number of anilines is 1. The van der Waals surface area contributed by atoms with Gasteiger partial charge >= 0.3 is 0 Å². The highest BCUT2D eigenvalue weighted by atomic mass is 35.5. The topological polar surface area (TPSA) is 15.3 Å². The van der Waals surface area contributed by atoms with Gasteiger partial charge in [0.25, 0.3) is 0 Å². The van der Waals surface area contributed by atoms with Crippen molar-refractivity contribution in [3.63, 3.8) is 0 Å². The van der Waals surface area contributed by atoms with Gasteiger partial charge in [-0.15, -0.1) is 11.8 Å². The number of thioether (sulfide) groups is 1. The van der Waals surface area contributed by atoms with Crippen molar-refractivity contribution in [3.05, 3.63) is 64.1 Å². The molecule has 1 aliphatic heterocycles. The van der Waals surface area contributed by atoms with Crippen LogP contribution in [-0.4, -0.2) is 22.3 Å². The maximum atomic E-state index is 6.01. The van der Waals surface area contributed by atoms with Crippen molar-refractivity contribution < 1.29 is 0 Å². The van der Waals surface area contributed by atoms with E-state index in [0.717, 1.165) is 23.0 Å². The highest BCUT2D eigenvalue weighted by Gasteiger charge is 2.28. The summed E-state index contributed by atoms with van der Waals surface area (Å²) in [6.45, 7) is 0.921. The largest absolute Gasteiger partial charge is 0.333 e. The fourth-order valence-corrected chi connectivity index (χ4v) is 4.31. The number of nitrogens with one attached hydrogen (secondary N) is 1. The molecule has 0 saturated carbocycles. The van der Waals surface area contributed by atoms with Crippen LogP contribution in [0.3, 0.4) is 0 Å². The maximum absolute atomic E-state index is 6.01. The smallest absolute Gasteiger partial charge is 0.174 e. The third-order valence-electron chi connectivity index (χ3n) is 3.38. The van der Waals surface area contributed by atoms with E-state index >= 15 is 0 Å². The molecule has 22 heavy (non-hydrogen) atoms. The van der Waals surface area contributed by atoms with Gasteiger partial charge in [-0.1, -0.05) is 41.4 Å². The molecule has 6 heteroatoms. The maximum Gasteiger partial charge on any atom is 0.174 e. The zero-order valence-electron chi connectivity index (χ0n) is 11.6. The number of thiocarbonyl (C=S) groups is 1. The monoisotopic (exact) mass is 368 g/mol. The lowest BCUT2D eigenvalue weighted by Gasteiger charge is -2.27. The minimum atomic E-state index is 0.219. The van der Waals surface area contributed by atoms with E-state index in [2.05, 4.69) is 22.3 Å². The molecule has 0 bridgehead atoms. The SMILES string of the molecule is S=C(Nc1cccc(Cl)c1)N1CCSC1c1ccc(Cl)cc1. The lowest BCUT2D eigenvalue weighted by molar-refractivity contribution is 0.458. The quantitative estimate of drug-likeness (QED) is 0.709. The second kappa shape index (κ2) is 7.09. The number of halogens is 2. The summed E-state index contributed by atoms with van der Waals surface area (Å²) in [7, 11) is 0. The van der Waals surface area contributed by atoms with Gasteiger partial charge in [0, 0.05) is 28.0 Å². The van der Waals surface area contributed by atoms with E-state index in [4.69, 9.17) is 35.4 Å². The van der Waals surface area contributed by atoms with Gasteiger partial charge in [-0.3, -0.25) is 0 Å². The molecule has 0 spiro atoms. The van der Waals surface area contributed by atoms with E-state index in [1.807, 2.05) is 48.2 Å². The summed E-state index contributed by atoms with van der Waals surface area (Å²) in [5.74, 6) is 1.05. The van der Waals surface area contributed by atoms with Gasteiger partial charge < -0.3 is 10.2 Å². The van der Waals surface area contributed by atoms with Crippen LogP contribution in [0.5, 0.6) is 0 Å². The van der Waals surface area contributed by atoms with Gasteiger partial charge in [0.05, 0.1) is 0 Å². The molecule has 0 radical (unpaired) electrons. The summed E-state index contributed by atoms with van der Waals surface area (Å²) in [4.78, 5) is 2.20. The first-order valence-electron chi connectivity index (χ1n) is 6.84. The summed E-state index contributed by atoms with van der Waals surface area (Å²) >= 11 is 19.4. The molecule has 1 atom stereocenters. The van der Waals surface area contributed by atoms with Crippen molar-refractivity contribution in [3.8, 4) is 0 Å². The van der Waals surface area contributed by atoms with Crippen LogP contribution < -0.4 is 5.32 Å². The van der Waals surface area contributed by atoms with E-state index in [-0.39, 0.29) is 5.37 Å². The van der Waals surface area contributed by atoms with Crippen molar-refractivity contribution in [1.82, 2.24) is 4.90 Å². The molecule has 114 valence electrons. The van der Waals surface area contributed by atoms with E-state index in [1.165, 1.54) is 5.56 Å². The Kier molecular flexibility index (Phi) is 5.14. The number of rotatable bonds is 2. The summed E-state index contributed by atoms with van der Waals surface area (Å²) in [5, 5.41) is 5.64. The molecule has 1 fully saturated rings. The van der Waals surface area contributed by atoms with Gasteiger partial charge in [0.1, 0.15) is 5.37 Å². The van der Waals surface area contributed by atoms with Crippen LogP contribution in [0.2, 0.25) is 10.0 Å². The first-order valence-corrected chi connectivity index (χ1v) is 9.05. The molecule has 2 nitrogen and oxygen atoms in total. The molecule has 0 aromatic heterocycles. The summed E-state index contributed by atoms with van der Waals surface area (Å²) in [5.41, 5.74) is 2.12. The normalized spacial score (nSPS) is 17.5. The molecule has 0 aliphatic carbocycles. The second-order valence-corrected chi connectivity index (χ2v) is 7.36. The standard InChI is InChI=1S/C16H14Cl2N2S2/c17-12-6-4-11(5-7-12)15-20(8-9-22-15)16(21)19-14-3-1-2-13(18)10-14/h1-7,10,15H,8-9H2,(H,19,21). The zero-order valence-corrected chi connectivity index (χ0v) is 14.8.